The maximum absolute atomic E-state index is 12.0. The van der Waals surface area contributed by atoms with Gasteiger partial charge in [-0.15, -0.1) is 0 Å². The average molecular weight is 234 g/mol. The summed E-state index contributed by atoms with van der Waals surface area (Å²) in [6, 6.07) is 0. The molecule has 1 unspecified atom stereocenters. The van der Waals surface area contributed by atoms with E-state index in [0.29, 0.717) is 12.5 Å². The topological polar surface area (TPSA) is 49.4 Å². The smallest absolute Gasteiger partial charge is 0.218 e. The highest BCUT2D eigenvalue weighted by molar-refractivity contribution is 7.90. The molecule has 1 N–H and O–H groups in total. The van der Waals surface area contributed by atoms with E-state index in [0.717, 1.165) is 19.5 Å². The standard InChI is InChI=1S/C10H22N2O2S/c1-10(2,3)15(13,14)12(4)8-9-5-6-11-7-9/h9,11H,5-8H2,1-4H3. The zero-order valence-corrected chi connectivity index (χ0v) is 10.9. The van der Waals surface area contributed by atoms with Crippen LogP contribution in [0.4, 0.5) is 0 Å². The first kappa shape index (κ1) is 12.9. The van der Waals surface area contributed by atoms with Gasteiger partial charge in [0, 0.05) is 13.6 Å². The van der Waals surface area contributed by atoms with Crippen molar-refractivity contribution in [3.8, 4) is 0 Å². The maximum Gasteiger partial charge on any atom is 0.218 e. The molecule has 0 bridgehead atoms. The molecule has 0 amide bonds. The molecule has 0 aromatic carbocycles. The highest BCUT2D eigenvalue weighted by Crippen LogP contribution is 2.21. The molecular formula is C10H22N2O2S. The Morgan fingerprint density at radius 1 is 1.40 bits per heavy atom. The van der Waals surface area contributed by atoms with E-state index in [-0.39, 0.29) is 0 Å². The van der Waals surface area contributed by atoms with Crippen LogP contribution in [0, 0.1) is 5.92 Å². The molecule has 1 aliphatic rings. The van der Waals surface area contributed by atoms with Crippen LogP contribution in [0.5, 0.6) is 0 Å². The van der Waals surface area contributed by atoms with Gasteiger partial charge in [-0.25, -0.2) is 12.7 Å². The fourth-order valence-electron chi connectivity index (χ4n) is 1.80. The van der Waals surface area contributed by atoms with Crippen molar-refractivity contribution in [1.29, 1.82) is 0 Å². The van der Waals surface area contributed by atoms with E-state index in [1.165, 1.54) is 4.31 Å². The molecule has 0 saturated carbocycles. The molecule has 0 radical (unpaired) electrons. The van der Waals surface area contributed by atoms with Crippen molar-refractivity contribution in [3.63, 3.8) is 0 Å². The van der Waals surface area contributed by atoms with Crippen LogP contribution < -0.4 is 5.32 Å². The van der Waals surface area contributed by atoms with Crippen LogP contribution in [-0.4, -0.2) is 44.2 Å². The highest BCUT2D eigenvalue weighted by Gasteiger charge is 2.34. The number of sulfonamides is 1. The molecule has 1 heterocycles. The van der Waals surface area contributed by atoms with Crippen LogP contribution in [0.2, 0.25) is 0 Å². The minimum Gasteiger partial charge on any atom is -0.316 e. The molecule has 4 nitrogen and oxygen atoms in total. The van der Waals surface area contributed by atoms with E-state index in [1.54, 1.807) is 27.8 Å². The van der Waals surface area contributed by atoms with Gasteiger partial charge < -0.3 is 5.32 Å². The van der Waals surface area contributed by atoms with Crippen LogP contribution in [0.15, 0.2) is 0 Å². The summed E-state index contributed by atoms with van der Waals surface area (Å²) in [4.78, 5) is 0. The van der Waals surface area contributed by atoms with Crippen molar-refractivity contribution in [2.45, 2.75) is 31.9 Å². The van der Waals surface area contributed by atoms with Gasteiger partial charge in [0.1, 0.15) is 0 Å². The van der Waals surface area contributed by atoms with Crippen molar-refractivity contribution >= 4 is 10.0 Å². The van der Waals surface area contributed by atoms with Crippen molar-refractivity contribution in [2.24, 2.45) is 5.92 Å². The first-order valence-corrected chi connectivity index (χ1v) is 6.86. The van der Waals surface area contributed by atoms with E-state index in [9.17, 15) is 8.42 Å². The Morgan fingerprint density at radius 2 is 2.00 bits per heavy atom. The number of nitrogens with one attached hydrogen (secondary N) is 1. The molecular weight excluding hydrogens is 212 g/mol. The zero-order chi connectivity index (χ0) is 11.7. The molecule has 90 valence electrons. The third-order valence-corrected chi connectivity index (χ3v) is 5.38. The first-order chi connectivity index (χ1) is 6.75. The fourth-order valence-corrected chi connectivity index (χ4v) is 3.14. The minimum absolute atomic E-state index is 0.465. The van der Waals surface area contributed by atoms with Crippen LogP contribution in [-0.2, 0) is 10.0 Å². The highest BCUT2D eigenvalue weighted by atomic mass is 32.2. The Bertz CT molecular complexity index is 300. The lowest BCUT2D eigenvalue weighted by atomic mass is 10.1. The Labute approximate surface area is 93.1 Å². The summed E-state index contributed by atoms with van der Waals surface area (Å²) in [5.74, 6) is 0.465. The molecule has 1 saturated heterocycles. The lowest BCUT2D eigenvalue weighted by Crippen LogP contribution is -2.43. The van der Waals surface area contributed by atoms with E-state index in [4.69, 9.17) is 0 Å². The van der Waals surface area contributed by atoms with E-state index < -0.39 is 14.8 Å². The van der Waals surface area contributed by atoms with Gasteiger partial charge in [-0.2, -0.15) is 0 Å². The SMILES string of the molecule is CN(CC1CCNC1)S(=O)(=O)C(C)(C)C. The number of nitrogens with zero attached hydrogens (tertiary/aromatic N) is 1. The van der Waals surface area contributed by atoms with Gasteiger partial charge in [0.05, 0.1) is 4.75 Å². The lowest BCUT2D eigenvalue weighted by molar-refractivity contribution is 0.387. The monoisotopic (exact) mass is 234 g/mol. The predicted octanol–water partition coefficient (Wildman–Crippen LogP) is 0.656. The summed E-state index contributed by atoms with van der Waals surface area (Å²) < 4.78 is 24.9. The van der Waals surface area contributed by atoms with Gasteiger partial charge >= 0.3 is 0 Å². The van der Waals surface area contributed by atoms with Crippen LogP contribution in [0.1, 0.15) is 27.2 Å². The van der Waals surface area contributed by atoms with Crippen LogP contribution in [0.3, 0.4) is 0 Å². The largest absolute Gasteiger partial charge is 0.316 e. The van der Waals surface area contributed by atoms with Gasteiger partial charge in [-0.3, -0.25) is 0 Å². The summed E-state index contributed by atoms with van der Waals surface area (Å²) >= 11 is 0. The molecule has 1 aliphatic heterocycles. The van der Waals surface area contributed by atoms with Crippen LogP contribution in [0.25, 0.3) is 0 Å². The number of hydrogen-bond acceptors (Lipinski definition) is 3. The predicted molar refractivity (Wildman–Crippen MR) is 62.3 cm³/mol. The van der Waals surface area contributed by atoms with Gasteiger partial charge in [0.2, 0.25) is 10.0 Å². The third kappa shape index (κ3) is 2.92. The van der Waals surface area contributed by atoms with E-state index in [2.05, 4.69) is 5.32 Å². The summed E-state index contributed by atoms with van der Waals surface area (Å²) in [5.41, 5.74) is 0. The molecule has 1 fully saturated rings. The Balaban J connectivity index is 2.63. The molecule has 0 aromatic rings. The normalized spacial score (nSPS) is 23.7. The molecule has 0 spiro atoms. The third-order valence-electron chi connectivity index (χ3n) is 2.86. The van der Waals surface area contributed by atoms with E-state index >= 15 is 0 Å². The number of rotatable bonds is 3. The van der Waals surface area contributed by atoms with Gasteiger partial charge in [-0.05, 0) is 46.2 Å². The van der Waals surface area contributed by atoms with Crippen molar-refractivity contribution < 1.29 is 8.42 Å². The lowest BCUT2D eigenvalue weighted by Gasteiger charge is -2.28. The second-order valence-electron chi connectivity index (χ2n) is 5.26. The Morgan fingerprint density at radius 3 is 2.40 bits per heavy atom. The molecule has 15 heavy (non-hydrogen) atoms. The Hall–Kier alpha value is -0.130. The summed E-state index contributed by atoms with van der Waals surface area (Å²) in [6.45, 7) is 7.80. The van der Waals surface area contributed by atoms with Crippen molar-refractivity contribution in [3.05, 3.63) is 0 Å². The van der Waals surface area contributed by atoms with Gasteiger partial charge in [0.15, 0.2) is 0 Å². The van der Waals surface area contributed by atoms with Crippen molar-refractivity contribution in [2.75, 3.05) is 26.7 Å². The van der Waals surface area contributed by atoms with Crippen molar-refractivity contribution in [1.82, 2.24) is 9.62 Å². The minimum atomic E-state index is -3.16. The maximum atomic E-state index is 12.0. The average Bonchev–Trinajstić information content (AvgIpc) is 2.54. The van der Waals surface area contributed by atoms with Gasteiger partial charge in [0.25, 0.3) is 0 Å². The zero-order valence-electron chi connectivity index (χ0n) is 10.1. The molecule has 1 rings (SSSR count). The molecule has 0 aliphatic carbocycles. The fraction of sp³-hybridized carbons (Fsp3) is 1.00. The second-order valence-corrected chi connectivity index (χ2v) is 8.05. The molecule has 0 aromatic heterocycles. The Kier molecular flexibility index (Phi) is 3.79. The summed E-state index contributed by atoms with van der Waals surface area (Å²) in [6.07, 6.45) is 1.07. The summed E-state index contributed by atoms with van der Waals surface area (Å²) in [7, 11) is -1.48. The summed E-state index contributed by atoms with van der Waals surface area (Å²) in [5, 5.41) is 3.25. The van der Waals surface area contributed by atoms with Crippen LogP contribution >= 0.6 is 0 Å². The quantitative estimate of drug-likeness (QED) is 0.780. The first-order valence-electron chi connectivity index (χ1n) is 5.42. The second kappa shape index (κ2) is 4.39. The number of hydrogen-bond donors (Lipinski definition) is 1. The molecule has 5 heteroatoms. The van der Waals surface area contributed by atoms with E-state index in [1.807, 2.05) is 0 Å². The van der Waals surface area contributed by atoms with Gasteiger partial charge in [-0.1, -0.05) is 0 Å². The molecule has 1 atom stereocenters.